The van der Waals surface area contributed by atoms with Gasteiger partial charge in [-0.1, -0.05) is 0 Å². The molecular weight excluding hydrogens is 451 g/mol. The van der Waals surface area contributed by atoms with E-state index >= 15 is 0 Å². The van der Waals surface area contributed by atoms with Crippen molar-refractivity contribution < 1.29 is 0 Å². The molecule has 142 valence electrons. The van der Waals surface area contributed by atoms with Crippen molar-refractivity contribution in [2.75, 3.05) is 0 Å². The van der Waals surface area contributed by atoms with Crippen LogP contribution < -0.4 is 15.6 Å². The van der Waals surface area contributed by atoms with Crippen LogP contribution in [0.3, 0.4) is 0 Å². The molecule has 0 aromatic heterocycles. The molecule has 3 heteroatoms. The van der Waals surface area contributed by atoms with Crippen LogP contribution in [-0.2, 0) is 0 Å². The van der Waals surface area contributed by atoms with Crippen molar-refractivity contribution in [3.8, 4) is 0 Å². The second kappa shape index (κ2) is 9.56. The molecule has 0 saturated heterocycles. The average molecular weight is 474 g/mol. The summed E-state index contributed by atoms with van der Waals surface area (Å²) < 4.78 is 1.33. The predicted molar refractivity (Wildman–Crippen MR) is 132 cm³/mol. The predicted octanol–water partition coefficient (Wildman–Crippen LogP) is 4.25. The first kappa shape index (κ1) is 20.1. The summed E-state index contributed by atoms with van der Waals surface area (Å²) in [5.74, 6) is 0. The molecule has 0 atom stereocenters. The molecule has 0 nitrogen and oxygen atoms in total. The Balaban J connectivity index is 1.85. The van der Waals surface area contributed by atoms with Gasteiger partial charge in [0.2, 0.25) is 0 Å². The van der Waals surface area contributed by atoms with Crippen molar-refractivity contribution in [2.45, 2.75) is 10.9 Å². The first-order chi connectivity index (χ1) is 14.3. The minimum atomic E-state index is -2.23. The number of benzene rings is 4. The van der Waals surface area contributed by atoms with Crippen LogP contribution in [0.25, 0.3) is 0 Å². The number of hydrogen-bond donors (Lipinski definition) is 0. The van der Waals surface area contributed by atoms with E-state index in [1.165, 1.54) is 24.2 Å². The van der Waals surface area contributed by atoms with E-state index in [4.69, 9.17) is 0 Å². The molecule has 0 aliphatic carbocycles. The van der Waals surface area contributed by atoms with E-state index in [9.17, 15) is 0 Å². The van der Waals surface area contributed by atoms with Gasteiger partial charge in [-0.25, -0.2) is 0 Å². The van der Waals surface area contributed by atoms with Gasteiger partial charge in [0.15, 0.2) is 0 Å². The fourth-order valence-electron chi connectivity index (χ4n) is 3.85. The monoisotopic (exact) mass is 474 g/mol. The third-order valence-electron chi connectivity index (χ3n) is 5.18. The van der Waals surface area contributed by atoms with Crippen LogP contribution in [0.4, 0.5) is 0 Å². The number of thioether (sulfide) groups is 1. The molecule has 0 N–H and O–H groups in total. The summed E-state index contributed by atoms with van der Waals surface area (Å²) in [5, 5.41) is 4.33. The van der Waals surface area contributed by atoms with Crippen molar-refractivity contribution in [1.82, 2.24) is 0 Å². The van der Waals surface area contributed by atoms with E-state index in [-0.39, 0.29) is 0 Å². The summed E-state index contributed by atoms with van der Waals surface area (Å²) in [7, 11) is -2.23. The standard InChI is InChI=1S/C26H22SSeSi/c28-26(27-22-13-5-1-6-14-22)21-29(23-15-7-2-8-16-23,24-17-9-3-10-18-24)25-19-11-4-12-20-25/h1-20H,21H2. The van der Waals surface area contributed by atoms with Gasteiger partial charge in [-0.3, -0.25) is 0 Å². The van der Waals surface area contributed by atoms with E-state index in [1.807, 2.05) is 11.8 Å². The summed E-state index contributed by atoms with van der Waals surface area (Å²) in [6.45, 7) is 0. The van der Waals surface area contributed by atoms with Gasteiger partial charge in [-0.15, -0.1) is 0 Å². The van der Waals surface area contributed by atoms with Gasteiger partial charge in [-0.05, 0) is 0 Å². The molecule has 0 aliphatic rings. The van der Waals surface area contributed by atoms with Crippen LogP contribution in [0.1, 0.15) is 0 Å². The second-order valence-electron chi connectivity index (χ2n) is 6.97. The topological polar surface area (TPSA) is 0 Å². The fourth-order valence-corrected chi connectivity index (χ4v) is 11.6. The summed E-state index contributed by atoms with van der Waals surface area (Å²) in [6, 6.07) is 44.9. The van der Waals surface area contributed by atoms with Crippen LogP contribution in [0.5, 0.6) is 0 Å². The summed E-state index contributed by atoms with van der Waals surface area (Å²) in [6.07, 6.45) is 0. The number of rotatable bonds is 7. The van der Waals surface area contributed by atoms with Crippen molar-refractivity contribution >= 4 is 54.7 Å². The summed E-state index contributed by atoms with van der Waals surface area (Å²) in [4.78, 5) is 1.28. The Morgan fingerprint density at radius 2 is 0.897 bits per heavy atom. The average Bonchev–Trinajstić information content (AvgIpc) is 2.80. The Bertz CT molecular complexity index is 954. The van der Waals surface area contributed by atoms with Gasteiger partial charge in [0.05, 0.1) is 0 Å². The molecule has 0 unspecified atom stereocenters. The molecule has 4 aromatic rings. The van der Waals surface area contributed by atoms with E-state index < -0.39 is 8.07 Å². The van der Waals surface area contributed by atoms with Crippen LogP contribution >= 0.6 is 11.8 Å². The Kier molecular flexibility index (Phi) is 6.63. The normalized spacial score (nSPS) is 11.2. The Hall–Kier alpha value is -2.16. The Morgan fingerprint density at radius 3 is 1.28 bits per heavy atom. The van der Waals surface area contributed by atoms with Crippen LogP contribution in [0, 0.1) is 0 Å². The third-order valence-corrected chi connectivity index (χ3v) is 12.6. The van der Waals surface area contributed by atoms with Gasteiger partial charge in [0, 0.05) is 0 Å². The second-order valence-corrected chi connectivity index (χ2v) is 13.6. The van der Waals surface area contributed by atoms with Gasteiger partial charge in [0.1, 0.15) is 0 Å². The van der Waals surface area contributed by atoms with E-state index in [1.54, 1.807) is 0 Å². The molecule has 0 saturated carbocycles. The molecular formula is C26H22SSeSi. The molecule has 4 aromatic carbocycles. The van der Waals surface area contributed by atoms with Gasteiger partial charge < -0.3 is 0 Å². The van der Waals surface area contributed by atoms with Gasteiger partial charge >= 0.3 is 187 Å². The molecule has 29 heavy (non-hydrogen) atoms. The van der Waals surface area contributed by atoms with Crippen LogP contribution in [-0.4, -0.2) is 27.4 Å². The fraction of sp³-hybridized carbons (Fsp3) is 0.0385. The third kappa shape index (κ3) is 4.54. The Labute approximate surface area is 186 Å². The Morgan fingerprint density at radius 1 is 0.552 bits per heavy atom. The SMILES string of the molecule is [Se]=C(C[Si](c1ccccc1)(c1ccccc1)c1ccccc1)Sc1ccccc1. The molecule has 0 spiro atoms. The molecule has 0 aliphatic heterocycles. The molecule has 0 fully saturated rings. The van der Waals surface area contributed by atoms with Gasteiger partial charge in [0.25, 0.3) is 0 Å². The summed E-state index contributed by atoms with van der Waals surface area (Å²) >= 11 is 5.25. The van der Waals surface area contributed by atoms with Crippen molar-refractivity contribution in [3.05, 3.63) is 121 Å². The van der Waals surface area contributed by atoms with E-state index in [0.29, 0.717) is 0 Å². The van der Waals surface area contributed by atoms with E-state index in [0.717, 1.165) is 6.04 Å². The zero-order valence-corrected chi connectivity index (χ0v) is 19.6. The van der Waals surface area contributed by atoms with Crippen LogP contribution in [0.15, 0.2) is 126 Å². The van der Waals surface area contributed by atoms with Crippen LogP contribution in [0.2, 0.25) is 6.04 Å². The van der Waals surface area contributed by atoms with Crippen molar-refractivity contribution in [1.29, 1.82) is 0 Å². The minimum absolute atomic E-state index is 1.02. The quantitative estimate of drug-likeness (QED) is 0.220. The summed E-state index contributed by atoms with van der Waals surface area (Å²) in [5.41, 5.74) is 0. The maximum atomic E-state index is 3.40. The number of hydrogen-bond acceptors (Lipinski definition) is 1. The molecule has 0 radical (unpaired) electrons. The zero-order valence-electron chi connectivity index (χ0n) is 16.1. The van der Waals surface area contributed by atoms with Crippen molar-refractivity contribution in [3.63, 3.8) is 0 Å². The molecule has 0 bridgehead atoms. The molecule has 0 heterocycles. The van der Waals surface area contributed by atoms with Crippen molar-refractivity contribution in [2.24, 2.45) is 0 Å². The maximum absolute atomic E-state index is 3.40. The van der Waals surface area contributed by atoms with E-state index in [2.05, 4.69) is 137 Å². The first-order valence-electron chi connectivity index (χ1n) is 9.71. The first-order valence-corrected chi connectivity index (χ1v) is 13.6. The molecule has 0 amide bonds. The zero-order chi connectivity index (χ0) is 19.9. The van der Waals surface area contributed by atoms with Gasteiger partial charge in [-0.2, -0.15) is 0 Å². The molecule has 4 rings (SSSR count).